The maximum absolute atomic E-state index is 11.8. The zero-order valence-corrected chi connectivity index (χ0v) is 22.8. The van der Waals surface area contributed by atoms with E-state index in [1.165, 1.54) is 10.9 Å². The standard InChI is InChI=1S/C27H32N10O3/c1-18-22(15-29)26(31-10-4-12-39-2)33-27(32-11-5-13-40-3)24(18)34-35-25-20(14-28)17-37(36-25)21-8-6-19(7-9-21)23(38)16-30/h6-9,17H,4-5,10-13,16,30H2,1-3H3,(H2,31,32,33). The predicted octanol–water partition coefficient (Wildman–Crippen LogP) is 3.77. The Labute approximate surface area is 232 Å². The van der Waals surface area contributed by atoms with Gasteiger partial charge in [-0.25, -0.2) is 9.67 Å². The van der Waals surface area contributed by atoms with Crippen molar-refractivity contribution in [2.45, 2.75) is 19.8 Å². The highest BCUT2D eigenvalue weighted by molar-refractivity contribution is 5.97. The minimum atomic E-state index is -0.178. The Morgan fingerprint density at radius 2 is 1.68 bits per heavy atom. The van der Waals surface area contributed by atoms with E-state index in [-0.39, 0.29) is 23.7 Å². The van der Waals surface area contributed by atoms with Crippen molar-refractivity contribution < 1.29 is 14.3 Å². The number of nitrogens with two attached hydrogens (primary N) is 1. The molecule has 0 unspecified atom stereocenters. The minimum absolute atomic E-state index is 0.0832. The molecule has 1 aromatic carbocycles. The average Bonchev–Trinajstić information content (AvgIpc) is 3.40. The summed E-state index contributed by atoms with van der Waals surface area (Å²) in [5.74, 6) is 0.781. The Morgan fingerprint density at radius 1 is 1.02 bits per heavy atom. The minimum Gasteiger partial charge on any atom is -0.385 e. The van der Waals surface area contributed by atoms with Crippen LogP contribution in [0.5, 0.6) is 0 Å². The van der Waals surface area contributed by atoms with Gasteiger partial charge in [0.25, 0.3) is 0 Å². The molecule has 208 valence electrons. The summed E-state index contributed by atoms with van der Waals surface area (Å²) in [7, 11) is 3.26. The molecule has 4 N–H and O–H groups in total. The van der Waals surface area contributed by atoms with E-state index < -0.39 is 0 Å². The normalized spacial score (nSPS) is 10.8. The number of carbonyl (C=O) groups is 1. The SMILES string of the molecule is COCCCNc1nc(NCCCOC)c(N=Nc2nn(-c3ccc(C(=O)CN)cc3)cc2C#N)c(C)c1C#N. The van der Waals surface area contributed by atoms with Gasteiger partial charge in [0.2, 0.25) is 5.82 Å². The second kappa shape index (κ2) is 15.0. The van der Waals surface area contributed by atoms with Crippen molar-refractivity contribution in [3.05, 3.63) is 52.7 Å². The van der Waals surface area contributed by atoms with E-state index in [9.17, 15) is 15.3 Å². The van der Waals surface area contributed by atoms with Gasteiger partial charge in [0, 0.05) is 51.6 Å². The molecule has 40 heavy (non-hydrogen) atoms. The number of nitrogens with zero attached hydrogens (tertiary/aromatic N) is 7. The van der Waals surface area contributed by atoms with Crippen LogP contribution in [-0.2, 0) is 9.47 Å². The Hall–Kier alpha value is -4.69. The van der Waals surface area contributed by atoms with Crippen LogP contribution in [0, 0.1) is 29.6 Å². The van der Waals surface area contributed by atoms with Gasteiger partial charge in [-0.05, 0) is 44.0 Å². The lowest BCUT2D eigenvalue weighted by Gasteiger charge is -2.15. The van der Waals surface area contributed by atoms with Crippen LogP contribution in [0.25, 0.3) is 5.69 Å². The third-order valence-corrected chi connectivity index (χ3v) is 5.86. The Kier molecular flexibility index (Phi) is 11.2. The van der Waals surface area contributed by atoms with Crippen molar-refractivity contribution in [1.29, 1.82) is 10.5 Å². The lowest BCUT2D eigenvalue weighted by molar-refractivity contribution is 0.100. The lowest BCUT2D eigenvalue weighted by atomic mass is 10.1. The van der Waals surface area contributed by atoms with Gasteiger partial charge in [-0.3, -0.25) is 4.79 Å². The van der Waals surface area contributed by atoms with Crippen molar-refractivity contribution in [2.24, 2.45) is 16.0 Å². The number of azo groups is 1. The van der Waals surface area contributed by atoms with Crippen molar-refractivity contribution in [2.75, 3.05) is 57.7 Å². The molecule has 13 nitrogen and oxygen atoms in total. The van der Waals surface area contributed by atoms with Crippen LogP contribution in [0.15, 0.2) is 40.7 Å². The highest BCUT2D eigenvalue weighted by Crippen LogP contribution is 2.35. The second-order valence-corrected chi connectivity index (χ2v) is 8.61. The van der Waals surface area contributed by atoms with E-state index in [4.69, 9.17) is 15.2 Å². The van der Waals surface area contributed by atoms with E-state index in [0.29, 0.717) is 66.0 Å². The maximum atomic E-state index is 11.8. The van der Waals surface area contributed by atoms with Gasteiger partial charge < -0.3 is 25.8 Å². The fourth-order valence-corrected chi connectivity index (χ4v) is 3.72. The molecule has 0 saturated carbocycles. The zero-order chi connectivity index (χ0) is 28.9. The molecule has 0 saturated heterocycles. The van der Waals surface area contributed by atoms with Crippen LogP contribution >= 0.6 is 0 Å². The van der Waals surface area contributed by atoms with Gasteiger partial charge >= 0.3 is 0 Å². The number of hydrogen-bond acceptors (Lipinski definition) is 12. The quantitative estimate of drug-likeness (QED) is 0.144. The number of ether oxygens (including phenoxy) is 2. The summed E-state index contributed by atoms with van der Waals surface area (Å²) in [6.07, 6.45) is 2.99. The number of aromatic nitrogens is 3. The fraction of sp³-hybridized carbons (Fsp3) is 0.370. The molecule has 3 aromatic rings. The molecule has 0 atom stereocenters. The van der Waals surface area contributed by atoms with E-state index in [1.54, 1.807) is 45.4 Å². The van der Waals surface area contributed by atoms with Crippen molar-refractivity contribution in [1.82, 2.24) is 14.8 Å². The number of methoxy groups -OCH3 is 2. The van der Waals surface area contributed by atoms with Crippen LogP contribution < -0.4 is 16.4 Å². The number of ketones is 1. The van der Waals surface area contributed by atoms with Crippen LogP contribution in [0.1, 0.15) is 39.9 Å². The summed E-state index contributed by atoms with van der Waals surface area (Å²) < 4.78 is 11.7. The average molecular weight is 545 g/mol. The Balaban J connectivity index is 1.96. The van der Waals surface area contributed by atoms with Crippen LogP contribution in [-0.4, -0.2) is 67.6 Å². The van der Waals surface area contributed by atoms with E-state index in [1.807, 2.05) is 0 Å². The van der Waals surface area contributed by atoms with Gasteiger partial charge in [0.05, 0.1) is 24.0 Å². The number of nitrogens with one attached hydrogen (secondary N) is 2. The number of Topliss-reactive ketones (excluding diaryl/α,β-unsaturated/α-hetero) is 1. The number of pyridine rings is 1. The number of nitriles is 2. The van der Waals surface area contributed by atoms with Gasteiger partial charge in [-0.1, -0.05) is 0 Å². The summed E-state index contributed by atoms with van der Waals surface area (Å²) in [6.45, 7) is 3.95. The number of anilines is 2. The Morgan fingerprint density at radius 3 is 2.25 bits per heavy atom. The molecule has 0 radical (unpaired) electrons. The number of rotatable bonds is 15. The van der Waals surface area contributed by atoms with Crippen molar-refractivity contribution >= 4 is 28.9 Å². The highest BCUT2D eigenvalue weighted by atomic mass is 16.5. The first-order valence-corrected chi connectivity index (χ1v) is 12.6. The fourth-order valence-electron chi connectivity index (χ4n) is 3.72. The number of benzene rings is 1. The molecular weight excluding hydrogens is 512 g/mol. The van der Waals surface area contributed by atoms with Crippen molar-refractivity contribution in [3.8, 4) is 17.8 Å². The summed E-state index contributed by atoms with van der Waals surface area (Å²) >= 11 is 0. The van der Waals surface area contributed by atoms with E-state index in [0.717, 1.165) is 12.8 Å². The maximum Gasteiger partial charge on any atom is 0.213 e. The van der Waals surface area contributed by atoms with Gasteiger partial charge in [0.15, 0.2) is 11.6 Å². The summed E-state index contributed by atoms with van der Waals surface area (Å²) in [6, 6.07) is 11.0. The molecule has 2 heterocycles. The molecular formula is C27H32N10O3. The topological polar surface area (TPSA) is 189 Å². The van der Waals surface area contributed by atoms with Crippen LogP contribution in [0.4, 0.5) is 23.1 Å². The summed E-state index contributed by atoms with van der Waals surface area (Å²) in [5.41, 5.74) is 8.01. The molecule has 13 heteroatoms. The predicted molar refractivity (Wildman–Crippen MR) is 149 cm³/mol. The highest BCUT2D eigenvalue weighted by Gasteiger charge is 2.18. The monoisotopic (exact) mass is 544 g/mol. The lowest BCUT2D eigenvalue weighted by Crippen LogP contribution is -2.13. The molecule has 0 spiro atoms. The third kappa shape index (κ3) is 7.45. The van der Waals surface area contributed by atoms with Crippen LogP contribution in [0.3, 0.4) is 0 Å². The molecule has 0 aliphatic carbocycles. The molecule has 3 rings (SSSR count). The first-order chi connectivity index (χ1) is 19.5. The van der Waals surface area contributed by atoms with Gasteiger partial charge in [-0.2, -0.15) is 10.5 Å². The molecule has 0 fully saturated rings. The summed E-state index contributed by atoms with van der Waals surface area (Å²) in [4.78, 5) is 16.5. The van der Waals surface area contributed by atoms with E-state index in [2.05, 4.69) is 43.1 Å². The molecule has 0 aliphatic rings. The smallest absolute Gasteiger partial charge is 0.213 e. The first kappa shape index (κ1) is 29.9. The molecule has 0 aliphatic heterocycles. The zero-order valence-electron chi connectivity index (χ0n) is 22.8. The molecule has 2 aromatic heterocycles. The Bertz CT molecular complexity index is 1420. The van der Waals surface area contributed by atoms with Crippen molar-refractivity contribution in [3.63, 3.8) is 0 Å². The molecule has 0 amide bonds. The summed E-state index contributed by atoms with van der Waals surface area (Å²) in [5, 5.41) is 39.1. The van der Waals surface area contributed by atoms with Gasteiger partial charge in [0.1, 0.15) is 29.2 Å². The van der Waals surface area contributed by atoms with E-state index >= 15 is 0 Å². The molecule has 0 bridgehead atoms. The first-order valence-electron chi connectivity index (χ1n) is 12.6. The number of carbonyl (C=O) groups excluding carboxylic acids is 1. The second-order valence-electron chi connectivity index (χ2n) is 8.61. The van der Waals surface area contributed by atoms with Crippen LogP contribution in [0.2, 0.25) is 0 Å². The third-order valence-electron chi connectivity index (χ3n) is 5.86. The number of hydrogen-bond donors (Lipinski definition) is 3. The van der Waals surface area contributed by atoms with Gasteiger partial charge in [-0.15, -0.1) is 15.3 Å². The largest absolute Gasteiger partial charge is 0.385 e.